The molecule has 1 aliphatic heterocycles. The van der Waals surface area contributed by atoms with Crippen LogP contribution in [0, 0.1) is 0 Å². The first-order valence-corrected chi connectivity index (χ1v) is 4.53. The lowest BCUT2D eigenvalue weighted by molar-refractivity contribution is -0.125. The fourth-order valence-electron chi connectivity index (χ4n) is 1.39. The number of aromatic nitrogens is 2. The summed E-state index contributed by atoms with van der Waals surface area (Å²) >= 11 is 0. The molecule has 0 aromatic carbocycles. The Morgan fingerprint density at radius 3 is 2.80 bits per heavy atom. The molecule has 2 heterocycles. The SMILES string of the molecule is Nc1cnn(CCN2C(=O)CNC2=O)c1. The van der Waals surface area contributed by atoms with E-state index in [4.69, 9.17) is 5.73 Å². The zero-order valence-corrected chi connectivity index (χ0v) is 8.01. The van der Waals surface area contributed by atoms with E-state index in [1.54, 1.807) is 10.9 Å². The first kappa shape index (κ1) is 9.50. The van der Waals surface area contributed by atoms with Crippen molar-refractivity contribution in [2.45, 2.75) is 6.54 Å². The molecule has 0 atom stereocenters. The highest BCUT2D eigenvalue weighted by atomic mass is 16.2. The molecule has 7 nitrogen and oxygen atoms in total. The molecular weight excluding hydrogens is 198 g/mol. The van der Waals surface area contributed by atoms with E-state index >= 15 is 0 Å². The number of urea groups is 1. The third-order valence-electron chi connectivity index (χ3n) is 2.14. The first-order valence-electron chi connectivity index (χ1n) is 4.53. The second-order valence-electron chi connectivity index (χ2n) is 3.24. The molecule has 2 rings (SSSR count). The molecule has 0 spiro atoms. The van der Waals surface area contributed by atoms with Crippen LogP contribution in [0.1, 0.15) is 0 Å². The van der Waals surface area contributed by atoms with Gasteiger partial charge in [0, 0.05) is 6.20 Å². The number of nitrogen functional groups attached to an aromatic ring is 1. The summed E-state index contributed by atoms with van der Waals surface area (Å²) in [5.74, 6) is -0.208. The third-order valence-corrected chi connectivity index (χ3v) is 2.14. The lowest BCUT2D eigenvalue weighted by atomic mass is 10.5. The summed E-state index contributed by atoms with van der Waals surface area (Å²) in [5.41, 5.74) is 6.04. The van der Waals surface area contributed by atoms with E-state index in [2.05, 4.69) is 10.4 Å². The quantitative estimate of drug-likeness (QED) is 0.625. The topological polar surface area (TPSA) is 93.2 Å². The molecule has 15 heavy (non-hydrogen) atoms. The van der Waals surface area contributed by atoms with Gasteiger partial charge in [-0.15, -0.1) is 0 Å². The van der Waals surface area contributed by atoms with Crippen molar-refractivity contribution in [1.82, 2.24) is 20.0 Å². The van der Waals surface area contributed by atoms with E-state index in [0.717, 1.165) is 4.90 Å². The van der Waals surface area contributed by atoms with Crippen LogP contribution in [0.2, 0.25) is 0 Å². The molecular formula is C8H11N5O2. The molecule has 3 amide bonds. The number of nitrogens with two attached hydrogens (primary N) is 1. The van der Waals surface area contributed by atoms with E-state index in [1.807, 2.05) is 0 Å². The Hall–Kier alpha value is -2.05. The summed E-state index contributed by atoms with van der Waals surface area (Å²) in [6.07, 6.45) is 3.17. The zero-order valence-electron chi connectivity index (χ0n) is 8.01. The Kier molecular flexibility index (Phi) is 2.28. The molecule has 7 heteroatoms. The van der Waals surface area contributed by atoms with Gasteiger partial charge in [0.15, 0.2) is 0 Å². The van der Waals surface area contributed by atoms with Gasteiger partial charge < -0.3 is 11.1 Å². The van der Waals surface area contributed by atoms with Crippen LogP contribution in [0.15, 0.2) is 12.4 Å². The summed E-state index contributed by atoms with van der Waals surface area (Å²) in [7, 11) is 0. The van der Waals surface area contributed by atoms with Gasteiger partial charge in [-0.1, -0.05) is 0 Å². The van der Waals surface area contributed by atoms with Crippen LogP contribution in [-0.4, -0.2) is 39.7 Å². The average Bonchev–Trinajstić information content (AvgIpc) is 2.73. The van der Waals surface area contributed by atoms with Crippen LogP contribution in [0.3, 0.4) is 0 Å². The van der Waals surface area contributed by atoms with Crippen molar-refractivity contribution in [2.75, 3.05) is 18.8 Å². The number of anilines is 1. The second kappa shape index (κ2) is 3.60. The van der Waals surface area contributed by atoms with Crippen molar-refractivity contribution < 1.29 is 9.59 Å². The molecule has 80 valence electrons. The predicted molar refractivity (Wildman–Crippen MR) is 51.8 cm³/mol. The van der Waals surface area contributed by atoms with E-state index in [1.165, 1.54) is 6.20 Å². The first-order chi connectivity index (χ1) is 7.16. The highest BCUT2D eigenvalue weighted by molar-refractivity contribution is 6.01. The van der Waals surface area contributed by atoms with Crippen molar-refractivity contribution in [3.63, 3.8) is 0 Å². The smallest absolute Gasteiger partial charge is 0.324 e. The van der Waals surface area contributed by atoms with Crippen LogP contribution in [-0.2, 0) is 11.3 Å². The van der Waals surface area contributed by atoms with E-state index in [-0.39, 0.29) is 18.5 Å². The number of nitrogens with zero attached hydrogens (tertiary/aromatic N) is 3. The molecule has 0 unspecified atom stereocenters. The molecule has 1 fully saturated rings. The number of carbonyl (C=O) groups excluding carboxylic acids is 2. The molecule has 0 aliphatic carbocycles. The molecule has 1 aromatic heterocycles. The minimum absolute atomic E-state index is 0.0834. The Bertz CT molecular complexity index is 383. The van der Waals surface area contributed by atoms with Crippen LogP contribution >= 0.6 is 0 Å². The van der Waals surface area contributed by atoms with Crippen LogP contribution < -0.4 is 11.1 Å². The van der Waals surface area contributed by atoms with Crippen LogP contribution in [0.4, 0.5) is 10.5 Å². The van der Waals surface area contributed by atoms with Crippen LogP contribution in [0.5, 0.6) is 0 Å². The van der Waals surface area contributed by atoms with Crippen molar-refractivity contribution in [3.05, 3.63) is 12.4 Å². The highest BCUT2D eigenvalue weighted by Crippen LogP contribution is 2.01. The maximum Gasteiger partial charge on any atom is 0.324 e. The maximum absolute atomic E-state index is 11.2. The summed E-state index contributed by atoms with van der Waals surface area (Å²) in [6, 6.07) is -0.347. The second-order valence-corrected chi connectivity index (χ2v) is 3.24. The molecule has 0 bridgehead atoms. The molecule has 3 N–H and O–H groups in total. The molecule has 1 aliphatic rings. The molecule has 1 saturated heterocycles. The van der Waals surface area contributed by atoms with Gasteiger partial charge in [-0.05, 0) is 0 Å². The van der Waals surface area contributed by atoms with Gasteiger partial charge in [-0.2, -0.15) is 5.10 Å². The van der Waals surface area contributed by atoms with Gasteiger partial charge in [-0.3, -0.25) is 14.4 Å². The number of carbonyl (C=O) groups is 2. The van der Waals surface area contributed by atoms with E-state index in [9.17, 15) is 9.59 Å². The van der Waals surface area contributed by atoms with Gasteiger partial charge in [0.25, 0.3) is 0 Å². The van der Waals surface area contributed by atoms with Crippen molar-refractivity contribution in [1.29, 1.82) is 0 Å². The number of nitrogens with one attached hydrogen (secondary N) is 1. The summed E-state index contributed by atoms with van der Waals surface area (Å²) in [5, 5.41) is 6.39. The summed E-state index contributed by atoms with van der Waals surface area (Å²) < 4.78 is 1.59. The van der Waals surface area contributed by atoms with Gasteiger partial charge in [0.1, 0.15) is 0 Å². The molecule has 0 radical (unpaired) electrons. The highest BCUT2D eigenvalue weighted by Gasteiger charge is 2.27. The minimum atomic E-state index is -0.347. The minimum Gasteiger partial charge on any atom is -0.396 e. The Labute approximate surface area is 85.8 Å². The van der Waals surface area contributed by atoms with E-state index in [0.29, 0.717) is 18.8 Å². The Balaban J connectivity index is 1.93. The van der Waals surface area contributed by atoms with Crippen molar-refractivity contribution in [2.24, 2.45) is 0 Å². The van der Waals surface area contributed by atoms with Gasteiger partial charge in [-0.25, -0.2) is 4.79 Å². The Morgan fingerprint density at radius 1 is 1.47 bits per heavy atom. The van der Waals surface area contributed by atoms with Gasteiger partial charge in [0.05, 0.1) is 31.5 Å². The fourth-order valence-corrected chi connectivity index (χ4v) is 1.39. The van der Waals surface area contributed by atoms with Gasteiger partial charge in [0.2, 0.25) is 5.91 Å². The maximum atomic E-state index is 11.2. The normalized spacial score (nSPS) is 15.9. The number of hydrogen-bond donors (Lipinski definition) is 2. The largest absolute Gasteiger partial charge is 0.396 e. The fraction of sp³-hybridized carbons (Fsp3) is 0.375. The molecule has 0 saturated carbocycles. The van der Waals surface area contributed by atoms with Crippen LogP contribution in [0.25, 0.3) is 0 Å². The monoisotopic (exact) mass is 209 g/mol. The lowest BCUT2D eigenvalue weighted by Crippen LogP contribution is -2.33. The number of hydrogen-bond acceptors (Lipinski definition) is 4. The van der Waals surface area contributed by atoms with Crippen molar-refractivity contribution >= 4 is 17.6 Å². The third kappa shape index (κ3) is 1.90. The number of amides is 3. The Morgan fingerprint density at radius 2 is 2.27 bits per heavy atom. The summed E-state index contributed by atoms with van der Waals surface area (Å²) in [4.78, 5) is 23.5. The van der Waals surface area contributed by atoms with Gasteiger partial charge >= 0.3 is 6.03 Å². The average molecular weight is 209 g/mol. The van der Waals surface area contributed by atoms with Crippen molar-refractivity contribution in [3.8, 4) is 0 Å². The zero-order chi connectivity index (χ0) is 10.8. The molecule has 1 aromatic rings. The standard InChI is InChI=1S/C8H11N5O2/c9-6-3-11-12(5-6)1-2-13-7(14)4-10-8(13)15/h3,5H,1-2,4,9H2,(H,10,15). The summed E-state index contributed by atoms with van der Waals surface area (Å²) in [6.45, 7) is 0.849. The number of imide groups is 1. The van der Waals surface area contributed by atoms with E-state index < -0.39 is 0 Å². The number of rotatable bonds is 3. The predicted octanol–water partition coefficient (Wildman–Crippen LogP) is -0.983. The lowest BCUT2D eigenvalue weighted by Gasteiger charge is -2.11.